The highest BCUT2D eigenvalue weighted by molar-refractivity contribution is 5.89. The van der Waals surface area contributed by atoms with Gasteiger partial charge in [0, 0.05) is 18.8 Å². The van der Waals surface area contributed by atoms with E-state index in [1.165, 1.54) is 6.42 Å². The molecule has 1 fully saturated rings. The van der Waals surface area contributed by atoms with Crippen molar-refractivity contribution in [3.8, 4) is 5.75 Å². The molecule has 0 radical (unpaired) electrons. The number of nitrogens with one attached hydrogen (secondary N) is 1. The first-order valence-corrected chi connectivity index (χ1v) is 5.99. The minimum absolute atomic E-state index is 0.00475. The molecule has 4 nitrogen and oxygen atoms in total. The molecule has 2 rings (SSSR count). The number of carbonyl (C=O) groups is 1. The second-order valence-corrected chi connectivity index (χ2v) is 4.21. The van der Waals surface area contributed by atoms with Crippen molar-refractivity contribution in [1.29, 1.82) is 0 Å². The van der Waals surface area contributed by atoms with E-state index in [9.17, 15) is 4.79 Å². The minimum Gasteiger partial charge on any atom is -0.497 e. The Morgan fingerprint density at radius 2 is 1.82 bits per heavy atom. The van der Waals surface area contributed by atoms with E-state index in [0.29, 0.717) is 0 Å². The molecule has 1 aromatic carbocycles. The average Bonchev–Trinajstić information content (AvgIpc) is 2.40. The highest BCUT2D eigenvalue weighted by atomic mass is 16.5. The van der Waals surface area contributed by atoms with Crippen molar-refractivity contribution >= 4 is 11.7 Å². The quantitative estimate of drug-likeness (QED) is 0.857. The Hall–Kier alpha value is -1.71. The Morgan fingerprint density at radius 3 is 2.41 bits per heavy atom. The Morgan fingerprint density at radius 1 is 1.18 bits per heavy atom. The van der Waals surface area contributed by atoms with Crippen molar-refractivity contribution in [2.24, 2.45) is 0 Å². The normalized spacial score (nSPS) is 15.5. The molecule has 92 valence electrons. The number of ether oxygens (including phenoxy) is 1. The molecule has 0 bridgehead atoms. The van der Waals surface area contributed by atoms with E-state index in [0.717, 1.165) is 37.4 Å². The maximum Gasteiger partial charge on any atom is 0.321 e. The van der Waals surface area contributed by atoms with Gasteiger partial charge in [-0.1, -0.05) is 0 Å². The first-order valence-electron chi connectivity index (χ1n) is 5.99. The van der Waals surface area contributed by atoms with Crippen LogP contribution in [0.5, 0.6) is 5.75 Å². The number of hydrogen-bond acceptors (Lipinski definition) is 2. The molecule has 1 aliphatic rings. The number of likely N-dealkylation sites (tertiary alicyclic amines) is 1. The number of urea groups is 1. The molecule has 4 heteroatoms. The number of nitrogens with zero attached hydrogens (tertiary/aromatic N) is 1. The van der Waals surface area contributed by atoms with Crippen LogP contribution in [0, 0.1) is 0 Å². The Kier molecular flexibility index (Phi) is 3.85. The summed E-state index contributed by atoms with van der Waals surface area (Å²) in [5.41, 5.74) is 0.807. The molecule has 0 atom stereocenters. The van der Waals surface area contributed by atoms with E-state index in [2.05, 4.69) is 5.32 Å². The van der Waals surface area contributed by atoms with Gasteiger partial charge < -0.3 is 15.0 Å². The molecule has 17 heavy (non-hydrogen) atoms. The topological polar surface area (TPSA) is 41.6 Å². The SMILES string of the molecule is COc1ccc(N[14C](=O)N2CCCCC2)cc1. The van der Waals surface area contributed by atoms with E-state index < -0.39 is 0 Å². The van der Waals surface area contributed by atoms with Crippen LogP contribution in [0.25, 0.3) is 0 Å². The lowest BCUT2D eigenvalue weighted by atomic mass is 10.2. The van der Waals surface area contributed by atoms with Crippen LogP contribution in [0.15, 0.2) is 24.3 Å². The highest BCUT2D eigenvalue weighted by Gasteiger charge is 2.15. The molecular weight excluding hydrogens is 218 g/mol. The molecule has 0 aliphatic carbocycles. The number of benzene rings is 1. The van der Waals surface area contributed by atoms with Crippen molar-refractivity contribution < 1.29 is 9.53 Å². The predicted octanol–water partition coefficient (Wildman–Crippen LogP) is 2.71. The molecule has 0 spiro atoms. The fraction of sp³-hybridized carbons (Fsp3) is 0.462. The molecule has 0 unspecified atom stereocenters. The van der Waals surface area contributed by atoms with Crippen LogP contribution in [-0.4, -0.2) is 31.1 Å². The van der Waals surface area contributed by atoms with Crippen LogP contribution in [0.2, 0.25) is 0 Å². The van der Waals surface area contributed by atoms with E-state index in [1.807, 2.05) is 29.2 Å². The first kappa shape index (κ1) is 11.8. The van der Waals surface area contributed by atoms with Gasteiger partial charge in [-0.3, -0.25) is 0 Å². The van der Waals surface area contributed by atoms with E-state index in [1.54, 1.807) is 7.11 Å². The molecule has 1 saturated heterocycles. The highest BCUT2D eigenvalue weighted by Crippen LogP contribution is 2.16. The van der Waals surface area contributed by atoms with Gasteiger partial charge in [0.25, 0.3) is 0 Å². The molecule has 0 saturated carbocycles. The standard InChI is InChI=1S/C13H18N2O2/c1-17-12-7-5-11(6-8-12)14-13(16)15-9-3-2-4-10-15/h5-8H,2-4,9-10H2,1H3,(H,14,16)/i13+2. The maximum atomic E-state index is 11.9. The smallest absolute Gasteiger partial charge is 0.321 e. The van der Waals surface area contributed by atoms with Crippen molar-refractivity contribution in [3.05, 3.63) is 24.3 Å². The second kappa shape index (κ2) is 5.57. The van der Waals surface area contributed by atoms with E-state index in [4.69, 9.17) is 4.74 Å². The van der Waals surface area contributed by atoms with Gasteiger partial charge in [-0.25, -0.2) is 4.79 Å². The van der Waals surface area contributed by atoms with Gasteiger partial charge in [0.1, 0.15) is 5.75 Å². The van der Waals surface area contributed by atoms with Gasteiger partial charge in [-0.2, -0.15) is 0 Å². The van der Waals surface area contributed by atoms with Gasteiger partial charge in [0.15, 0.2) is 0 Å². The number of amides is 2. The summed E-state index contributed by atoms with van der Waals surface area (Å²) in [7, 11) is 1.63. The van der Waals surface area contributed by atoms with Crippen LogP contribution in [0.4, 0.5) is 10.5 Å². The fourth-order valence-corrected chi connectivity index (χ4v) is 1.97. The Balaban J connectivity index is 1.92. The summed E-state index contributed by atoms with van der Waals surface area (Å²) in [5.74, 6) is 0.793. The maximum absolute atomic E-state index is 11.9. The summed E-state index contributed by atoms with van der Waals surface area (Å²) in [6, 6.07) is 7.37. The van der Waals surface area contributed by atoms with Crippen LogP contribution in [-0.2, 0) is 0 Å². The second-order valence-electron chi connectivity index (χ2n) is 4.21. The van der Waals surface area contributed by atoms with Crippen LogP contribution in [0.1, 0.15) is 19.3 Å². The van der Waals surface area contributed by atoms with Crippen molar-refractivity contribution in [2.45, 2.75) is 19.3 Å². The van der Waals surface area contributed by atoms with Crippen molar-refractivity contribution in [3.63, 3.8) is 0 Å². The van der Waals surface area contributed by atoms with Gasteiger partial charge in [0.05, 0.1) is 7.11 Å². The van der Waals surface area contributed by atoms with Gasteiger partial charge in [0.2, 0.25) is 0 Å². The lowest BCUT2D eigenvalue weighted by Crippen LogP contribution is -2.38. The van der Waals surface area contributed by atoms with Gasteiger partial charge >= 0.3 is 6.03 Å². The largest absolute Gasteiger partial charge is 0.497 e. The summed E-state index contributed by atoms with van der Waals surface area (Å²) in [5, 5.41) is 2.89. The summed E-state index contributed by atoms with van der Waals surface area (Å²) in [4.78, 5) is 13.8. The third-order valence-corrected chi connectivity index (χ3v) is 2.98. The predicted molar refractivity (Wildman–Crippen MR) is 67.4 cm³/mol. The van der Waals surface area contributed by atoms with E-state index >= 15 is 0 Å². The number of carbonyl (C=O) groups excluding carboxylic acids is 1. The number of methoxy groups -OCH3 is 1. The van der Waals surface area contributed by atoms with Crippen molar-refractivity contribution in [1.82, 2.24) is 4.90 Å². The van der Waals surface area contributed by atoms with Crippen LogP contribution in [0.3, 0.4) is 0 Å². The zero-order valence-electron chi connectivity index (χ0n) is 10.1. The van der Waals surface area contributed by atoms with Crippen LogP contribution < -0.4 is 10.1 Å². The summed E-state index contributed by atoms with van der Waals surface area (Å²) < 4.78 is 5.07. The van der Waals surface area contributed by atoms with E-state index in [-0.39, 0.29) is 6.03 Å². The monoisotopic (exact) mass is 236 g/mol. The number of anilines is 1. The molecule has 1 heterocycles. The summed E-state index contributed by atoms with van der Waals surface area (Å²) >= 11 is 0. The molecule has 1 aromatic rings. The van der Waals surface area contributed by atoms with Gasteiger partial charge in [-0.15, -0.1) is 0 Å². The zero-order valence-corrected chi connectivity index (χ0v) is 10.1. The summed E-state index contributed by atoms with van der Waals surface area (Å²) in [6.45, 7) is 1.73. The zero-order chi connectivity index (χ0) is 12.1. The molecule has 1 N–H and O–H groups in total. The third-order valence-electron chi connectivity index (χ3n) is 2.98. The molecule has 0 aromatic heterocycles. The average molecular weight is 236 g/mol. The molecular formula is C13H18N2O2. The summed E-state index contributed by atoms with van der Waals surface area (Å²) in [6.07, 6.45) is 3.44. The minimum atomic E-state index is -0.00475. The van der Waals surface area contributed by atoms with Crippen LogP contribution >= 0.6 is 0 Å². The number of rotatable bonds is 2. The fourth-order valence-electron chi connectivity index (χ4n) is 1.97. The third kappa shape index (κ3) is 3.12. The van der Waals surface area contributed by atoms with Crippen molar-refractivity contribution in [2.75, 3.05) is 25.5 Å². The Labute approximate surface area is 102 Å². The number of piperidine rings is 1. The number of hydrogen-bond donors (Lipinski definition) is 1. The lowest BCUT2D eigenvalue weighted by Gasteiger charge is -2.26. The Bertz CT molecular complexity index is 370. The first-order chi connectivity index (χ1) is 8.29. The lowest BCUT2D eigenvalue weighted by molar-refractivity contribution is 0.200. The molecule has 1 aliphatic heterocycles. The molecule has 2 amide bonds. The van der Waals surface area contributed by atoms with Gasteiger partial charge in [-0.05, 0) is 43.5 Å².